The molecule has 0 bridgehead atoms. The van der Waals surface area contributed by atoms with Gasteiger partial charge in [-0.2, -0.15) is 0 Å². The summed E-state index contributed by atoms with van der Waals surface area (Å²) >= 11 is 0. The van der Waals surface area contributed by atoms with Crippen molar-refractivity contribution in [3.63, 3.8) is 0 Å². The third kappa shape index (κ3) is 11.1. The van der Waals surface area contributed by atoms with Gasteiger partial charge in [0.1, 0.15) is 12.3 Å². The Morgan fingerprint density at radius 1 is 1.00 bits per heavy atom. The Bertz CT molecular complexity index is 302. The van der Waals surface area contributed by atoms with Gasteiger partial charge in [0, 0.05) is 0 Å². The molecule has 0 aliphatic carbocycles. The standard InChI is InChI=1S/C9H16F4O3S.K/c10-5-3-1-2-4-7(11)9(13)8(12)6-17(14,15)16;/h7-9H,1-6H2,(H,14,15,16);/q;+1/p-1. The van der Waals surface area contributed by atoms with Gasteiger partial charge >= 0.3 is 51.4 Å². The van der Waals surface area contributed by atoms with E-state index >= 15 is 0 Å². The normalized spacial score (nSPS) is 16.7. The molecule has 0 aromatic rings. The Morgan fingerprint density at radius 2 is 1.56 bits per heavy atom. The Labute approximate surface area is 147 Å². The average molecular weight is 318 g/mol. The molecule has 0 saturated carbocycles. The minimum atomic E-state index is -4.91. The Morgan fingerprint density at radius 3 is 2.00 bits per heavy atom. The van der Waals surface area contributed by atoms with E-state index in [4.69, 9.17) is 0 Å². The van der Waals surface area contributed by atoms with E-state index < -0.39 is 41.1 Å². The molecule has 0 saturated heterocycles. The van der Waals surface area contributed by atoms with E-state index in [-0.39, 0.29) is 70.6 Å². The first-order valence-electron chi connectivity index (χ1n) is 5.19. The summed E-state index contributed by atoms with van der Waals surface area (Å²) in [5, 5.41) is 0. The third-order valence-corrected chi connectivity index (χ3v) is 2.89. The van der Waals surface area contributed by atoms with E-state index in [0.29, 0.717) is 6.42 Å². The molecule has 104 valence electrons. The second-order valence-electron chi connectivity index (χ2n) is 3.74. The van der Waals surface area contributed by atoms with Gasteiger partial charge in [-0.15, -0.1) is 0 Å². The van der Waals surface area contributed by atoms with Crippen LogP contribution in [0.15, 0.2) is 0 Å². The average Bonchev–Trinajstić information content (AvgIpc) is 2.20. The molecule has 0 radical (unpaired) electrons. The van der Waals surface area contributed by atoms with Crippen molar-refractivity contribution in [3.05, 3.63) is 0 Å². The smallest absolute Gasteiger partial charge is 0.748 e. The fraction of sp³-hybridized carbons (Fsp3) is 1.00. The molecule has 0 aliphatic rings. The van der Waals surface area contributed by atoms with Crippen LogP contribution in [0.1, 0.15) is 25.7 Å². The maximum absolute atomic E-state index is 13.0. The van der Waals surface area contributed by atoms with Gasteiger partial charge in [-0.1, -0.05) is 12.8 Å². The van der Waals surface area contributed by atoms with E-state index in [1.54, 1.807) is 0 Å². The number of unbranched alkanes of at least 4 members (excludes halogenated alkanes) is 2. The molecule has 18 heavy (non-hydrogen) atoms. The zero-order valence-electron chi connectivity index (χ0n) is 10.1. The van der Waals surface area contributed by atoms with Gasteiger partial charge in [0.25, 0.3) is 0 Å². The number of hydrogen-bond donors (Lipinski definition) is 0. The summed E-state index contributed by atoms with van der Waals surface area (Å²) in [6.45, 7) is -0.559. The van der Waals surface area contributed by atoms with Crippen molar-refractivity contribution >= 4 is 10.1 Å². The SMILES string of the molecule is O=S(=O)([O-])CC(F)C(F)C(F)CCCCCF.[K+]. The molecule has 0 spiro atoms. The van der Waals surface area contributed by atoms with E-state index in [2.05, 4.69) is 0 Å². The summed E-state index contributed by atoms with van der Waals surface area (Å²) in [7, 11) is -4.91. The first-order valence-corrected chi connectivity index (χ1v) is 6.77. The molecule has 0 rings (SSSR count). The molecular weight excluding hydrogens is 303 g/mol. The zero-order chi connectivity index (χ0) is 13.5. The summed E-state index contributed by atoms with van der Waals surface area (Å²) in [5.74, 6) is -1.57. The molecular formula is C9H15F4KO3S. The first-order chi connectivity index (χ1) is 7.78. The van der Waals surface area contributed by atoms with Crippen molar-refractivity contribution in [1.29, 1.82) is 0 Å². The molecule has 0 fully saturated rings. The topological polar surface area (TPSA) is 57.2 Å². The van der Waals surface area contributed by atoms with Gasteiger partial charge in [-0.3, -0.25) is 4.39 Å². The summed E-state index contributed by atoms with van der Waals surface area (Å²) < 4.78 is 81.0. The predicted octanol–water partition coefficient (Wildman–Crippen LogP) is -0.920. The van der Waals surface area contributed by atoms with Crippen LogP contribution in [-0.4, -0.2) is 43.9 Å². The van der Waals surface area contributed by atoms with Crippen LogP contribution in [0.25, 0.3) is 0 Å². The Balaban J connectivity index is 0. The molecule has 0 aromatic carbocycles. The van der Waals surface area contributed by atoms with Crippen LogP contribution >= 0.6 is 0 Å². The zero-order valence-corrected chi connectivity index (χ0v) is 14.1. The van der Waals surface area contributed by atoms with Crippen molar-refractivity contribution < 1.29 is 81.9 Å². The maximum atomic E-state index is 13.0. The van der Waals surface area contributed by atoms with Gasteiger partial charge in [-0.05, 0) is 12.8 Å². The Hall–Kier alpha value is 1.27. The monoisotopic (exact) mass is 318 g/mol. The van der Waals surface area contributed by atoms with Gasteiger partial charge in [0.2, 0.25) is 0 Å². The van der Waals surface area contributed by atoms with Crippen LogP contribution in [0.5, 0.6) is 0 Å². The van der Waals surface area contributed by atoms with Crippen LogP contribution < -0.4 is 51.4 Å². The van der Waals surface area contributed by atoms with Gasteiger partial charge < -0.3 is 4.55 Å². The number of hydrogen-bond acceptors (Lipinski definition) is 3. The van der Waals surface area contributed by atoms with Gasteiger partial charge in [-0.25, -0.2) is 21.6 Å². The molecule has 0 heterocycles. The van der Waals surface area contributed by atoms with Crippen LogP contribution in [0, 0.1) is 0 Å². The van der Waals surface area contributed by atoms with Crippen LogP contribution in [0.3, 0.4) is 0 Å². The second kappa shape index (κ2) is 11.0. The maximum Gasteiger partial charge on any atom is 1.00 e. The minimum Gasteiger partial charge on any atom is -0.748 e. The molecule has 0 aromatic heterocycles. The van der Waals surface area contributed by atoms with Crippen molar-refractivity contribution in [1.82, 2.24) is 0 Å². The molecule has 3 unspecified atom stereocenters. The van der Waals surface area contributed by atoms with Gasteiger partial charge in [0.15, 0.2) is 6.17 Å². The molecule has 0 aliphatic heterocycles. The van der Waals surface area contributed by atoms with Gasteiger partial charge in [0.05, 0.1) is 22.5 Å². The molecule has 0 N–H and O–H groups in total. The molecule has 0 amide bonds. The number of halogens is 4. The molecule has 9 heteroatoms. The number of rotatable bonds is 9. The summed E-state index contributed by atoms with van der Waals surface area (Å²) in [6.07, 6.45) is -7.04. The minimum absolute atomic E-state index is 0. The van der Waals surface area contributed by atoms with Crippen molar-refractivity contribution in [2.45, 2.75) is 44.2 Å². The van der Waals surface area contributed by atoms with E-state index in [1.165, 1.54) is 0 Å². The number of alkyl halides is 4. The quantitative estimate of drug-likeness (QED) is 0.239. The Kier molecular flexibility index (Phi) is 13.2. The first kappa shape index (κ1) is 21.6. The van der Waals surface area contributed by atoms with Crippen LogP contribution in [0.2, 0.25) is 0 Å². The summed E-state index contributed by atoms with van der Waals surface area (Å²) in [6, 6.07) is 0. The fourth-order valence-electron chi connectivity index (χ4n) is 1.28. The van der Waals surface area contributed by atoms with Crippen molar-refractivity contribution in [3.8, 4) is 0 Å². The van der Waals surface area contributed by atoms with Crippen LogP contribution in [-0.2, 0) is 10.1 Å². The summed E-state index contributed by atoms with van der Waals surface area (Å²) in [4.78, 5) is 0. The molecule has 3 atom stereocenters. The second-order valence-corrected chi connectivity index (χ2v) is 5.19. The van der Waals surface area contributed by atoms with E-state index in [1.807, 2.05) is 0 Å². The predicted molar refractivity (Wildman–Crippen MR) is 53.7 cm³/mol. The third-order valence-electron chi connectivity index (χ3n) is 2.17. The molecule has 3 nitrogen and oxygen atoms in total. The van der Waals surface area contributed by atoms with E-state index in [9.17, 15) is 30.5 Å². The largest absolute Gasteiger partial charge is 1.00 e. The van der Waals surface area contributed by atoms with E-state index in [0.717, 1.165) is 0 Å². The fourth-order valence-corrected chi connectivity index (χ4v) is 1.86. The van der Waals surface area contributed by atoms with Crippen molar-refractivity contribution in [2.24, 2.45) is 0 Å². The van der Waals surface area contributed by atoms with Crippen molar-refractivity contribution in [2.75, 3.05) is 12.4 Å². The summed E-state index contributed by atoms with van der Waals surface area (Å²) in [5.41, 5.74) is 0. The van der Waals surface area contributed by atoms with Crippen LogP contribution in [0.4, 0.5) is 17.6 Å².